The van der Waals surface area contributed by atoms with Crippen molar-refractivity contribution in [3.8, 4) is 0 Å². The molecule has 0 atom stereocenters. The number of hydrogen-bond donors (Lipinski definition) is 2. The molecule has 5 heteroatoms. The number of aliphatic imine (C=N–C) groups is 1. The lowest BCUT2D eigenvalue weighted by molar-refractivity contribution is -0.870. The van der Waals surface area contributed by atoms with Gasteiger partial charge in [-0.25, -0.2) is 0 Å². The van der Waals surface area contributed by atoms with Crippen LogP contribution >= 0.6 is 0 Å². The van der Waals surface area contributed by atoms with Gasteiger partial charge in [0, 0.05) is 13.2 Å². The van der Waals surface area contributed by atoms with Crippen LogP contribution in [0.15, 0.2) is 4.99 Å². The number of quaternary nitrogens is 1. The van der Waals surface area contributed by atoms with E-state index in [1.165, 1.54) is 0 Å². The minimum absolute atomic E-state index is 0.149. The van der Waals surface area contributed by atoms with Crippen molar-refractivity contribution < 1.29 is 9.22 Å². The summed E-state index contributed by atoms with van der Waals surface area (Å²) in [4.78, 5) is 3.86. The van der Waals surface area contributed by atoms with Crippen LogP contribution in [0.25, 0.3) is 0 Å². The maximum atomic E-state index is 5.42. The minimum Gasteiger partial charge on any atom is -0.376 e. The van der Waals surface area contributed by atoms with Gasteiger partial charge in [-0.1, -0.05) is 0 Å². The maximum absolute atomic E-state index is 5.42. The molecule has 4 N–H and O–H groups in total. The average molecular weight is 203 g/mol. The summed E-state index contributed by atoms with van der Waals surface area (Å²) in [6.45, 7) is 3.16. The molecule has 0 amide bonds. The Bertz CT molecular complexity index is 170. The van der Waals surface area contributed by atoms with Gasteiger partial charge in [0.15, 0.2) is 5.96 Å². The highest BCUT2D eigenvalue weighted by molar-refractivity contribution is 5.75. The van der Waals surface area contributed by atoms with Gasteiger partial charge >= 0.3 is 0 Å². The molecule has 0 saturated heterocycles. The molecule has 0 aromatic heterocycles. The van der Waals surface area contributed by atoms with E-state index in [1.807, 2.05) is 0 Å². The molecule has 0 aliphatic rings. The molecule has 0 radical (unpaired) electrons. The van der Waals surface area contributed by atoms with E-state index in [9.17, 15) is 0 Å². The Labute approximate surface area is 86.3 Å². The SMILES string of the molecule is C[N+](C)(C)CCOCCCN=C(N)N. The quantitative estimate of drug-likeness (QED) is 0.250. The number of guanidine groups is 1. The fourth-order valence-electron chi connectivity index (χ4n) is 0.815. The Hall–Kier alpha value is -0.810. The van der Waals surface area contributed by atoms with Gasteiger partial charge in [0.2, 0.25) is 0 Å². The molecular formula is C9H23N4O+. The highest BCUT2D eigenvalue weighted by atomic mass is 16.5. The molecule has 14 heavy (non-hydrogen) atoms. The van der Waals surface area contributed by atoms with Gasteiger partial charge < -0.3 is 20.7 Å². The molecule has 0 rings (SSSR count). The summed E-state index contributed by atoms with van der Waals surface area (Å²) in [5.74, 6) is 0.149. The zero-order valence-electron chi connectivity index (χ0n) is 9.49. The van der Waals surface area contributed by atoms with E-state index in [1.54, 1.807) is 0 Å². The largest absolute Gasteiger partial charge is 0.376 e. The summed E-state index contributed by atoms with van der Waals surface area (Å²) in [6.07, 6.45) is 0.870. The van der Waals surface area contributed by atoms with Crippen LogP contribution in [0.3, 0.4) is 0 Å². The number of hydrogen-bond acceptors (Lipinski definition) is 2. The predicted molar refractivity (Wildman–Crippen MR) is 59.0 cm³/mol. The summed E-state index contributed by atoms with van der Waals surface area (Å²) in [5, 5.41) is 0. The minimum atomic E-state index is 0.149. The van der Waals surface area contributed by atoms with Gasteiger partial charge in [-0.2, -0.15) is 0 Å². The number of likely N-dealkylation sites (N-methyl/N-ethyl adjacent to an activating group) is 1. The first-order valence-corrected chi connectivity index (χ1v) is 4.85. The summed E-state index contributed by atoms with van der Waals surface area (Å²) in [6, 6.07) is 0. The van der Waals surface area contributed by atoms with Crippen molar-refractivity contribution in [2.24, 2.45) is 16.5 Å². The maximum Gasteiger partial charge on any atom is 0.185 e. The molecule has 0 spiro atoms. The van der Waals surface area contributed by atoms with Crippen LogP contribution in [-0.2, 0) is 4.74 Å². The van der Waals surface area contributed by atoms with Crippen LogP contribution in [0, 0.1) is 0 Å². The van der Waals surface area contributed by atoms with Gasteiger partial charge in [0.25, 0.3) is 0 Å². The first-order chi connectivity index (χ1) is 6.42. The second-order valence-corrected chi connectivity index (χ2v) is 4.29. The Morgan fingerprint density at radius 2 is 1.86 bits per heavy atom. The van der Waals surface area contributed by atoms with E-state index in [0.717, 1.165) is 30.7 Å². The normalized spacial score (nSPS) is 11.4. The van der Waals surface area contributed by atoms with E-state index in [2.05, 4.69) is 26.1 Å². The summed E-state index contributed by atoms with van der Waals surface area (Å²) in [5.41, 5.74) is 10.3. The third-order valence-corrected chi connectivity index (χ3v) is 1.65. The average Bonchev–Trinajstić information content (AvgIpc) is 2.00. The lowest BCUT2D eigenvalue weighted by Gasteiger charge is -2.23. The molecule has 0 aromatic rings. The van der Waals surface area contributed by atoms with Crippen molar-refractivity contribution in [3.63, 3.8) is 0 Å². The van der Waals surface area contributed by atoms with Crippen LogP contribution in [-0.4, -0.2) is 57.9 Å². The van der Waals surface area contributed by atoms with E-state index in [4.69, 9.17) is 16.2 Å². The smallest absolute Gasteiger partial charge is 0.185 e. The zero-order chi connectivity index (χ0) is 11.0. The Balaban J connectivity index is 3.19. The second kappa shape index (κ2) is 6.62. The highest BCUT2D eigenvalue weighted by Gasteiger charge is 2.04. The Kier molecular flexibility index (Phi) is 6.23. The first-order valence-electron chi connectivity index (χ1n) is 4.85. The molecule has 0 saturated carbocycles. The van der Waals surface area contributed by atoms with Gasteiger partial charge in [-0.15, -0.1) is 0 Å². The van der Waals surface area contributed by atoms with Crippen molar-refractivity contribution >= 4 is 5.96 Å². The molecule has 0 aliphatic carbocycles. The van der Waals surface area contributed by atoms with E-state index in [0.29, 0.717) is 6.54 Å². The monoisotopic (exact) mass is 203 g/mol. The van der Waals surface area contributed by atoms with Gasteiger partial charge in [0.05, 0.1) is 27.7 Å². The van der Waals surface area contributed by atoms with E-state index < -0.39 is 0 Å². The van der Waals surface area contributed by atoms with Crippen molar-refractivity contribution in [1.82, 2.24) is 0 Å². The second-order valence-electron chi connectivity index (χ2n) is 4.29. The third-order valence-electron chi connectivity index (χ3n) is 1.65. The van der Waals surface area contributed by atoms with E-state index >= 15 is 0 Å². The zero-order valence-corrected chi connectivity index (χ0v) is 9.49. The summed E-state index contributed by atoms with van der Waals surface area (Å²) in [7, 11) is 6.42. The number of ether oxygens (including phenoxy) is 1. The molecule has 0 aliphatic heterocycles. The fraction of sp³-hybridized carbons (Fsp3) is 0.889. The van der Waals surface area contributed by atoms with Crippen LogP contribution in [0.5, 0.6) is 0 Å². The molecule has 5 nitrogen and oxygen atoms in total. The van der Waals surface area contributed by atoms with Gasteiger partial charge in [-0.3, -0.25) is 4.99 Å². The van der Waals surface area contributed by atoms with Crippen LogP contribution in [0.4, 0.5) is 0 Å². The molecule has 0 bridgehead atoms. The lowest BCUT2D eigenvalue weighted by atomic mass is 10.4. The third kappa shape index (κ3) is 11.2. The molecular weight excluding hydrogens is 180 g/mol. The van der Waals surface area contributed by atoms with Gasteiger partial charge in [0.1, 0.15) is 6.54 Å². The molecule has 0 unspecified atom stereocenters. The Morgan fingerprint density at radius 1 is 1.21 bits per heavy atom. The van der Waals surface area contributed by atoms with Crippen LogP contribution in [0.2, 0.25) is 0 Å². The number of nitrogens with zero attached hydrogens (tertiary/aromatic N) is 2. The summed E-state index contributed by atoms with van der Waals surface area (Å²) >= 11 is 0. The van der Waals surface area contributed by atoms with Crippen molar-refractivity contribution in [2.75, 3.05) is 47.4 Å². The van der Waals surface area contributed by atoms with Crippen LogP contribution in [0.1, 0.15) is 6.42 Å². The first kappa shape index (κ1) is 13.2. The van der Waals surface area contributed by atoms with Crippen LogP contribution < -0.4 is 11.5 Å². The van der Waals surface area contributed by atoms with Crippen molar-refractivity contribution in [3.05, 3.63) is 0 Å². The highest BCUT2D eigenvalue weighted by Crippen LogP contribution is 1.90. The lowest BCUT2D eigenvalue weighted by Crippen LogP contribution is -2.37. The van der Waals surface area contributed by atoms with Crippen molar-refractivity contribution in [2.45, 2.75) is 6.42 Å². The molecule has 0 heterocycles. The molecule has 0 aromatic carbocycles. The predicted octanol–water partition coefficient (Wildman–Crippen LogP) is -0.627. The van der Waals surface area contributed by atoms with Gasteiger partial charge in [-0.05, 0) is 6.42 Å². The molecule has 84 valence electrons. The fourth-order valence-corrected chi connectivity index (χ4v) is 0.815. The topological polar surface area (TPSA) is 73.6 Å². The van der Waals surface area contributed by atoms with E-state index in [-0.39, 0.29) is 5.96 Å². The number of nitrogens with two attached hydrogens (primary N) is 2. The molecule has 0 fully saturated rings. The van der Waals surface area contributed by atoms with Crippen molar-refractivity contribution in [1.29, 1.82) is 0 Å². The number of rotatable bonds is 7. The Morgan fingerprint density at radius 3 is 2.36 bits per heavy atom. The summed E-state index contributed by atoms with van der Waals surface area (Å²) < 4.78 is 6.35. The standard InChI is InChI=1S/C9H23N4O/c1-13(2,3)6-8-14-7-4-5-12-9(10)11/h4-8H2,1-3H3,(H4,10,11,12)/q+1.